The van der Waals surface area contributed by atoms with Crippen molar-refractivity contribution in [3.8, 4) is 0 Å². The molecule has 2 saturated heterocycles. The van der Waals surface area contributed by atoms with Crippen LogP contribution in [0.3, 0.4) is 0 Å². The minimum absolute atomic E-state index is 0.0480. The molecule has 2 heterocycles. The molecule has 0 aromatic rings. The molecule has 0 radical (unpaired) electrons. The molecule has 2 atom stereocenters. The second-order valence-electron chi connectivity index (χ2n) is 4.35. The quantitative estimate of drug-likeness (QED) is 0.573. The lowest BCUT2D eigenvalue weighted by molar-refractivity contribution is -0.141. The Morgan fingerprint density at radius 1 is 1.47 bits per heavy atom. The number of piperazine rings is 1. The van der Waals surface area contributed by atoms with Gasteiger partial charge in [-0.05, 0) is 12.5 Å². The lowest BCUT2D eigenvalue weighted by atomic mass is 9.96. The monoisotopic (exact) mass is 211 g/mol. The van der Waals surface area contributed by atoms with Gasteiger partial charge in [0.2, 0.25) is 11.8 Å². The largest absolute Gasteiger partial charge is 0.353 e. The molecule has 2 rings (SSSR count). The van der Waals surface area contributed by atoms with E-state index in [0.29, 0.717) is 19.0 Å². The van der Waals surface area contributed by atoms with E-state index in [1.165, 1.54) is 0 Å². The Balaban J connectivity index is 1.97. The van der Waals surface area contributed by atoms with Crippen molar-refractivity contribution in [2.75, 3.05) is 32.7 Å². The maximum Gasteiger partial charge on any atom is 0.239 e. The van der Waals surface area contributed by atoms with E-state index in [4.69, 9.17) is 0 Å². The molecule has 2 aliphatic rings. The van der Waals surface area contributed by atoms with Crippen LogP contribution >= 0.6 is 0 Å². The van der Waals surface area contributed by atoms with E-state index in [1.54, 1.807) is 4.90 Å². The fraction of sp³-hybridized carbons (Fsp3) is 0.800. The Kier molecular flexibility index (Phi) is 2.90. The summed E-state index contributed by atoms with van der Waals surface area (Å²) in [6, 6.07) is 0. The second-order valence-corrected chi connectivity index (χ2v) is 4.35. The standard InChI is InChI=1S/C10H17N3O2/c1-7-4-11-5-8(7)10(15)13-3-2-12-9(14)6-13/h7-8,11H,2-6H2,1H3,(H,12,14). The third-order valence-corrected chi connectivity index (χ3v) is 3.18. The molecular weight excluding hydrogens is 194 g/mol. The Hall–Kier alpha value is -1.10. The highest BCUT2D eigenvalue weighted by molar-refractivity contribution is 5.87. The molecule has 2 amide bonds. The van der Waals surface area contributed by atoms with Crippen LogP contribution in [0.1, 0.15) is 6.92 Å². The van der Waals surface area contributed by atoms with Crippen molar-refractivity contribution >= 4 is 11.8 Å². The van der Waals surface area contributed by atoms with Crippen LogP contribution in [-0.2, 0) is 9.59 Å². The molecule has 0 aliphatic carbocycles. The summed E-state index contributed by atoms with van der Waals surface area (Å²) in [5, 5.41) is 5.93. The van der Waals surface area contributed by atoms with Crippen molar-refractivity contribution in [3.05, 3.63) is 0 Å². The topological polar surface area (TPSA) is 61.4 Å². The maximum absolute atomic E-state index is 12.1. The van der Waals surface area contributed by atoms with Gasteiger partial charge in [-0.2, -0.15) is 0 Å². The first-order chi connectivity index (χ1) is 7.18. The molecule has 0 spiro atoms. The maximum atomic E-state index is 12.1. The lowest BCUT2D eigenvalue weighted by Gasteiger charge is -2.29. The minimum atomic E-state index is -0.0480. The van der Waals surface area contributed by atoms with Gasteiger partial charge in [-0.25, -0.2) is 0 Å². The summed E-state index contributed by atoms with van der Waals surface area (Å²) in [4.78, 5) is 24.9. The fourth-order valence-electron chi connectivity index (χ4n) is 2.20. The van der Waals surface area contributed by atoms with Gasteiger partial charge in [-0.1, -0.05) is 6.92 Å². The molecule has 5 nitrogen and oxygen atoms in total. The van der Waals surface area contributed by atoms with Crippen molar-refractivity contribution in [1.82, 2.24) is 15.5 Å². The molecule has 5 heteroatoms. The Bertz CT molecular complexity index is 280. The first kappa shape index (κ1) is 10.4. The third-order valence-electron chi connectivity index (χ3n) is 3.18. The summed E-state index contributed by atoms with van der Waals surface area (Å²) in [6.45, 7) is 5.18. The average molecular weight is 211 g/mol. The van der Waals surface area contributed by atoms with Crippen molar-refractivity contribution in [1.29, 1.82) is 0 Å². The predicted octanol–water partition coefficient (Wildman–Crippen LogP) is -1.20. The highest BCUT2D eigenvalue weighted by Crippen LogP contribution is 2.18. The molecule has 2 fully saturated rings. The molecule has 2 N–H and O–H groups in total. The Labute approximate surface area is 89.2 Å². The molecule has 0 bridgehead atoms. The zero-order valence-electron chi connectivity index (χ0n) is 8.95. The minimum Gasteiger partial charge on any atom is -0.353 e. The van der Waals surface area contributed by atoms with Crippen LogP contribution in [0.25, 0.3) is 0 Å². The van der Waals surface area contributed by atoms with Gasteiger partial charge in [0.25, 0.3) is 0 Å². The normalized spacial score (nSPS) is 31.5. The van der Waals surface area contributed by atoms with Crippen molar-refractivity contribution in [2.45, 2.75) is 6.92 Å². The molecular formula is C10H17N3O2. The molecule has 2 aliphatic heterocycles. The number of amides is 2. The molecule has 0 aromatic heterocycles. The predicted molar refractivity (Wildman–Crippen MR) is 55.1 cm³/mol. The summed E-state index contributed by atoms with van der Waals surface area (Å²) in [5.41, 5.74) is 0. The van der Waals surface area contributed by atoms with Gasteiger partial charge in [0.1, 0.15) is 0 Å². The van der Waals surface area contributed by atoms with E-state index >= 15 is 0 Å². The van der Waals surface area contributed by atoms with Crippen molar-refractivity contribution < 1.29 is 9.59 Å². The summed E-state index contributed by atoms with van der Waals surface area (Å²) >= 11 is 0. The third kappa shape index (κ3) is 2.12. The molecule has 0 saturated carbocycles. The zero-order valence-corrected chi connectivity index (χ0v) is 8.95. The van der Waals surface area contributed by atoms with Crippen LogP contribution in [0.2, 0.25) is 0 Å². The number of carbonyl (C=O) groups excluding carboxylic acids is 2. The number of hydrogen-bond acceptors (Lipinski definition) is 3. The van der Waals surface area contributed by atoms with Crippen LogP contribution < -0.4 is 10.6 Å². The number of carbonyl (C=O) groups is 2. The number of nitrogens with one attached hydrogen (secondary N) is 2. The van der Waals surface area contributed by atoms with E-state index in [-0.39, 0.29) is 24.3 Å². The van der Waals surface area contributed by atoms with E-state index in [1.807, 2.05) is 0 Å². The van der Waals surface area contributed by atoms with E-state index < -0.39 is 0 Å². The van der Waals surface area contributed by atoms with Crippen LogP contribution in [0.4, 0.5) is 0 Å². The molecule has 84 valence electrons. The van der Waals surface area contributed by atoms with Gasteiger partial charge in [0.05, 0.1) is 12.5 Å². The van der Waals surface area contributed by atoms with Gasteiger partial charge in [0.15, 0.2) is 0 Å². The summed E-state index contributed by atoms with van der Waals surface area (Å²) in [5.74, 6) is 0.508. The fourth-order valence-corrected chi connectivity index (χ4v) is 2.20. The second kappa shape index (κ2) is 4.18. The lowest BCUT2D eigenvalue weighted by Crippen LogP contribution is -2.52. The Morgan fingerprint density at radius 3 is 2.87 bits per heavy atom. The van der Waals surface area contributed by atoms with Crippen molar-refractivity contribution in [3.63, 3.8) is 0 Å². The van der Waals surface area contributed by atoms with Crippen LogP contribution in [0.15, 0.2) is 0 Å². The van der Waals surface area contributed by atoms with Crippen LogP contribution in [0.5, 0.6) is 0 Å². The van der Waals surface area contributed by atoms with Crippen molar-refractivity contribution in [2.24, 2.45) is 11.8 Å². The average Bonchev–Trinajstić information content (AvgIpc) is 2.63. The van der Waals surface area contributed by atoms with E-state index in [0.717, 1.165) is 13.1 Å². The van der Waals surface area contributed by atoms with E-state index in [2.05, 4.69) is 17.6 Å². The van der Waals surface area contributed by atoms with Crippen LogP contribution in [0, 0.1) is 11.8 Å². The van der Waals surface area contributed by atoms with Gasteiger partial charge >= 0.3 is 0 Å². The first-order valence-electron chi connectivity index (χ1n) is 5.44. The van der Waals surface area contributed by atoms with Gasteiger partial charge in [-0.3, -0.25) is 9.59 Å². The summed E-state index contributed by atoms with van der Waals surface area (Å²) < 4.78 is 0. The molecule has 2 unspecified atom stereocenters. The summed E-state index contributed by atoms with van der Waals surface area (Å²) in [7, 11) is 0. The number of hydrogen-bond donors (Lipinski definition) is 2. The first-order valence-corrected chi connectivity index (χ1v) is 5.44. The smallest absolute Gasteiger partial charge is 0.239 e. The zero-order chi connectivity index (χ0) is 10.8. The highest BCUT2D eigenvalue weighted by Gasteiger charge is 2.34. The number of nitrogens with zero attached hydrogens (tertiary/aromatic N) is 1. The molecule has 0 aromatic carbocycles. The van der Waals surface area contributed by atoms with Crippen LogP contribution in [-0.4, -0.2) is 49.4 Å². The van der Waals surface area contributed by atoms with Gasteiger partial charge < -0.3 is 15.5 Å². The van der Waals surface area contributed by atoms with E-state index in [9.17, 15) is 9.59 Å². The molecule has 15 heavy (non-hydrogen) atoms. The Morgan fingerprint density at radius 2 is 2.27 bits per heavy atom. The SMILES string of the molecule is CC1CNCC1C(=O)N1CCNC(=O)C1. The summed E-state index contributed by atoms with van der Waals surface area (Å²) in [6.07, 6.45) is 0. The van der Waals surface area contributed by atoms with Gasteiger partial charge in [-0.15, -0.1) is 0 Å². The number of rotatable bonds is 1. The highest BCUT2D eigenvalue weighted by atomic mass is 16.2. The van der Waals surface area contributed by atoms with Gasteiger partial charge in [0, 0.05) is 19.6 Å².